The van der Waals surface area contributed by atoms with Gasteiger partial charge in [-0.3, -0.25) is 0 Å². The summed E-state index contributed by atoms with van der Waals surface area (Å²) in [4.78, 5) is 0. The van der Waals surface area contributed by atoms with Crippen LogP contribution in [0.1, 0.15) is 6.42 Å². The van der Waals surface area contributed by atoms with Crippen LogP contribution in [0.3, 0.4) is 0 Å². The van der Waals surface area contributed by atoms with Crippen molar-refractivity contribution >= 4 is 0 Å². The summed E-state index contributed by atoms with van der Waals surface area (Å²) in [6.07, 6.45) is 1.05. The molecule has 1 saturated heterocycles. The van der Waals surface area contributed by atoms with Crippen LogP contribution < -0.4 is 5.01 Å². The molecule has 1 aliphatic rings. The average molecular weight is 116 g/mol. The summed E-state index contributed by atoms with van der Waals surface area (Å²) >= 11 is 0. The first-order valence-electron chi connectivity index (χ1n) is 2.93. The van der Waals surface area contributed by atoms with Crippen LogP contribution in [0.4, 0.5) is 0 Å². The molecule has 0 saturated carbocycles. The van der Waals surface area contributed by atoms with Crippen molar-refractivity contribution in [2.75, 3.05) is 20.3 Å². The van der Waals surface area contributed by atoms with Crippen LogP contribution in [0.2, 0.25) is 0 Å². The minimum atomic E-state index is 0.426. The van der Waals surface area contributed by atoms with Gasteiger partial charge >= 0.3 is 0 Å². The molecular formula is C5H12N2O. The molecule has 1 aliphatic heterocycles. The molecule has 0 radical (unpaired) electrons. The maximum Gasteiger partial charge on any atom is 0.104 e. The van der Waals surface area contributed by atoms with Crippen molar-refractivity contribution in [3.05, 3.63) is 5.84 Å². The van der Waals surface area contributed by atoms with Crippen molar-refractivity contribution in [2.24, 2.45) is 0 Å². The summed E-state index contributed by atoms with van der Waals surface area (Å²) in [6, 6.07) is 0.426. The molecule has 0 bridgehead atoms. The largest absolute Gasteiger partial charge is 0.469 e. The van der Waals surface area contributed by atoms with Gasteiger partial charge in [-0.25, -0.2) is 0 Å². The zero-order valence-electron chi connectivity index (χ0n) is 5.11. The van der Waals surface area contributed by atoms with Crippen LogP contribution in [0.25, 0.3) is 5.84 Å². The second kappa shape index (κ2) is 2.44. The van der Waals surface area contributed by atoms with Crippen molar-refractivity contribution in [3.63, 3.8) is 0 Å². The molecule has 2 unspecified atom stereocenters. The highest BCUT2D eigenvalue weighted by molar-refractivity contribution is 4.59. The molecule has 1 heterocycles. The Kier molecular flexibility index (Phi) is 1.83. The van der Waals surface area contributed by atoms with Gasteiger partial charge in [0.15, 0.2) is 0 Å². The maximum absolute atomic E-state index is 7.21. The normalized spacial score (nSPS) is 33.0. The third-order valence-electron chi connectivity index (χ3n) is 1.54. The Labute approximate surface area is 49.4 Å². The lowest BCUT2D eigenvalue weighted by Crippen LogP contribution is -3.06. The van der Waals surface area contributed by atoms with Gasteiger partial charge in [-0.1, -0.05) is 0 Å². The minimum Gasteiger partial charge on any atom is -0.469 e. The highest BCUT2D eigenvalue weighted by Crippen LogP contribution is 1.98. The molecule has 48 valence electrons. The SMILES string of the molecule is C[NH+]([NH-])C1CCOC1. The second-order valence-corrected chi connectivity index (χ2v) is 2.24. The van der Waals surface area contributed by atoms with E-state index in [-0.39, 0.29) is 0 Å². The number of hydrogen-bond acceptors (Lipinski definition) is 1. The van der Waals surface area contributed by atoms with Gasteiger partial charge in [0.2, 0.25) is 0 Å². The zero-order valence-corrected chi connectivity index (χ0v) is 5.11. The Balaban J connectivity index is 2.24. The number of quaternary nitrogens is 1. The van der Waals surface area contributed by atoms with Crippen LogP contribution in [0, 0.1) is 0 Å². The summed E-state index contributed by atoms with van der Waals surface area (Å²) in [5, 5.41) is 0.766. The van der Waals surface area contributed by atoms with Crippen molar-refractivity contribution in [1.82, 2.24) is 0 Å². The lowest BCUT2D eigenvalue weighted by molar-refractivity contribution is -0.852. The van der Waals surface area contributed by atoms with E-state index >= 15 is 0 Å². The number of ether oxygens (including phenoxy) is 1. The topological polar surface area (TPSA) is 37.5 Å². The smallest absolute Gasteiger partial charge is 0.104 e. The fourth-order valence-electron chi connectivity index (χ4n) is 0.876. The number of likely N-dealkylation sites (N-methyl/N-ethyl adjacent to an activating group) is 1. The molecular weight excluding hydrogens is 104 g/mol. The third-order valence-corrected chi connectivity index (χ3v) is 1.54. The van der Waals surface area contributed by atoms with E-state index in [1.807, 2.05) is 7.05 Å². The Bertz CT molecular complexity index is 68.8. The van der Waals surface area contributed by atoms with E-state index in [0.717, 1.165) is 24.6 Å². The van der Waals surface area contributed by atoms with Crippen LogP contribution in [0.15, 0.2) is 0 Å². The van der Waals surface area contributed by atoms with E-state index in [2.05, 4.69) is 0 Å². The molecule has 0 spiro atoms. The quantitative estimate of drug-likeness (QED) is 0.450. The first kappa shape index (κ1) is 6.01. The molecule has 0 aromatic carbocycles. The van der Waals surface area contributed by atoms with E-state index in [9.17, 15) is 0 Å². The van der Waals surface area contributed by atoms with Crippen molar-refractivity contribution in [2.45, 2.75) is 12.5 Å². The summed E-state index contributed by atoms with van der Waals surface area (Å²) in [5.41, 5.74) is 0. The van der Waals surface area contributed by atoms with Gasteiger partial charge < -0.3 is 15.6 Å². The standard InChI is InChI=1S/C5H12N2O/c1-7(6)5-2-3-8-4-5/h5-7H,2-4H2,1H3. The lowest BCUT2D eigenvalue weighted by atomic mass is 10.3. The summed E-state index contributed by atoms with van der Waals surface area (Å²) in [5.74, 6) is 7.21. The van der Waals surface area contributed by atoms with Crippen molar-refractivity contribution < 1.29 is 9.75 Å². The summed E-state index contributed by atoms with van der Waals surface area (Å²) in [7, 11) is 1.85. The molecule has 2 atom stereocenters. The molecule has 8 heavy (non-hydrogen) atoms. The number of nitrogens with one attached hydrogen (secondary N) is 2. The Morgan fingerprint density at radius 3 is 2.75 bits per heavy atom. The van der Waals surface area contributed by atoms with E-state index in [4.69, 9.17) is 10.6 Å². The molecule has 2 N–H and O–H groups in total. The van der Waals surface area contributed by atoms with Crippen LogP contribution in [-0.4, -0.2) is 26.3 Å². The van der Waals surface area contributed by atoms with Crippen LogP contribution in [0.5, 0.6) is 0 Å². The van der Waals surface area contributed by atoms with E-state index in [0.29, 0.717) is 6.04 Å². The van der Waals surface area contributed by atoms with Gasteiger partial charge in [-0.2, -0.15) is 0 Å². The molecule has 0 amide bonds. The molecule has 1 rings (SSSR count). The predicted octanol–water partition coefficient (Wildman–Crippen LogP) is -0.743. The maximum atomic E-state index is 7.21. The molecule has 0 aromatic rings. The van der Waals surface area contributed by atoms with Gasteiger partial charge in [-0.15, -0.1) is 0 Å². The van der Waals surface area contributed by atoms with Gasteiger partial charge in [0.05, 0.1) is 20.3 Å². The van der Waals surface area contributed by atoms with E-state index in [1.165, 1.54) is 0 Å². The Hall–Kier alpha value is -0.120. The molecule has 0 aromatic heterocycles. The first-order chi connectivity index (χ1) is 3.80. The summed E-state index contributed by atoms with van der Waals surface area (Å²) < 4.78 is 5.08. The van der Waals surface area contributed by atoms with Gasteiger partial charge in [0.25, 0.3) is 0 Å². The number of rotatable bonds is 1. The van der Waals surface area contributed by atoms with Crippen LogP contribution in [-0.2, 0) is 4.74 Å². The highest BCUT2D eigenvalue weighted by atomic mass is 16.5. The highest BCUT2D eigenvalue weighted by Gasteiger charge is 2.17. The van der Waals surface area contributed by atoms with Gasteiger partial charge in [-0.05, 0) is 0 Å². The Morgan fingerprint density at radius 1 is 1.75 bits per heavy atom. The summed E-state index contributed by atoms with van der Waals surface area (Å²) in [6.45, 7) is 1.62. The second-order valence-electron chi connectivity index (χ2n) is 2.24. The lowest BCUT2D eigenvalue weighted by Gasteiger charge is -2.20. The van der Waals surface area contributed by atoms with Gasteiger partial charge in [0.1, 0.15) is 6.04 Å². The fraction of sp³-hybridized carbons (Fsp3) is 1.00. The fourth-order valence-corrected chi connectivity index (χ4v) is 0.876. The third kappa shape index (κ3) is 1.18. The average Bonchev–Trinajstić information content (AvgIpc) is 2.12. The predicted molar refractivity (Wildman–Crippen MR) is 30.4 cm³/mol. The van der Waals surface area contributed by atoms with Crippen molar-refractivity contribution in [3.8, 4) is 0 Å². The van der Waals surface area contributed by atoms with Crippen LogP contribution >= 0.6 is 0 Å². The molecule has 1 fully saturated rings. The van der Waals surface area contributed by atoms with E-state index < -0.39 is 0 Å². The monoisotopic (exact) mass is 116 g/mol. The Morgan fingerprint density at radius 2 is 2.50 bits per heavy atom. The zero-order chi connectivity index (χ0) is 5.98. The molecule has 3 heteroatoms. The number of hydrogen-bond donors (Lipinski definition) is 1. The van der Waals surface area contributed by atoms with Crippen molar-refractivity contribution in [1.29, 1.82) is 0 Å². The molecule has 3 nitrogen and oxygen atoms in total. The minimum absolute atomic E-state index is 0.426. The van der Waals surface area contributed by atoms with Gasteiger partial charge in [0, 0.05) is 6.42 Å². The first-order valence-corrected chi connectivity index (χ1v) is 2.93. The molecule has 0 aliphatic carbocycles. The van der Waals surface area contributed by atoms with E-state index in [1.54, 1.807) is 0 Å².